The molecule has 0 aliphatic rings. The van der Waals surface area contributed by atoms with Gasteiger partial charge in [0.05, 0.1) is 0 Å². The van der Waals surface area contributed by atoms with Crippen LogP contribution in [0.2, 0.25) is 8.87 Å². The minimum absolute atomic E-state index is 0.767. The molecule has 0 heterocycles. The van der Waals surface area contributed by atoms with Crippen molar-refractivity contribution in [3.8, 4) is 0 Å². The normalized spacial score (nSPS) is 11.2. The summed E-state index contributed by atoms with van der Waals surface area (Å²) in [4.78, 5) is 0. The van der Waals surface area contributed by atoms with Gasteiger partial charge in [-0.25, -0.2) is 0 Å². The van der Waals surface area contributed by atoms with E-state index >= 15 is 0 Å². The van der Waals surface area contributed by atoms with Crippen LogP contribution in [-0.4, -0.2) is 32.4 Å². The van der Waals surface area contributed by atoms with E-state index in [9.17, 15) is 0 Å². The molecule has 0 bridgehead atoms. The second kappa shape index (κ2) is 9.17. The van der Waals surface area contributed by atoms with Crippen LogP contribution in [0.15, 0.2) is 23.3 Å². The maximum atomic E-state index is 6.07. The van der Waals surface area contributed by atoms with E-state index in [0.717, 1.165) is 22.1 Å². The number of allylic oxidation sites excluding steroid dienone is 4. The van der Waals surface area contributed by atoms with E-state index in [-0.39, 0.29) is 0 Å². The first-order valence-electron chi connectivity index (χ1n) is 6.50. The molecule has 0 saturated carbocycles. The van der Waals surface area contributed by atoms with Crippen LogP contribution in [0.3, 0.4) is 0 Å². The van der Waals surface area contributed by atoms with Gasteiger partial charge < -0.3 is 0 Å². The Hall–Kier alpha value is 0.199. The topological polar surface area (TPSA) is 18.5 Å². The monoisotopic (exact) mass is 348 g/mol. The SMILES string of the molecule is CC[O][Sn]([CH2]C=C(C)C)([CH2]C=C(C)C)[O]CC. The Balaban J connectivity index is 4.83. The van der Waals surface area contributed by atoms with Gasteiger partial charge in [0.2, 0.25) is 0 Å². The number of hydrogen-bond donors (Lipinski definition) is 0. The summed E-state index contributed by atoms with van der Waals surface area (Å²) >= 11 is -2.89. The van der Waals surface area contributed by atoms with Crippen molar-refractivity contribution in [2.45, 2.75) is 50.4 Å². The van der Waals surface area contributed by atoms with E-state index in [1.54, 1.807) is 0 Å². The van der Waals surface area contributed by atoms with E-state index in [0.29, 0.717) is 0 Å². The molecule has 0 aromatic carbocycles. The summed E-state index contributed by atoms with van der Waals surface area (Å²) in [5, 5.41) is 0. The van der Waals surface area contributed by atoms with Crippen molar-refractivity contribution in [3.63, 3.8) is 0 Å². The van der Waals surface area contributed by atoms with Crippen LogP contribution in [-0.2, 0) is 6.15 Å². The van der Waals surface area contributed by atoms with E-state index < -0.39 is 19.2 Å². The summed E-state index contributed by atoms with van der Waals surface area (Å²) in [6.45, 7) is 14.2. The molecule has 0 atom stereocenters. The molecule has 0 N–H and O–H groups in total. The van der Waals surface area contributed by atoms with Crippen LogP contribution < -0.4 is 0 Å². The van der Waals surface area contributed by atoms with Crippen LogP contribution in [0.4, 0.5) is 0 Å². The van der Waals surface area contributed by atoms with E-state index in [1.165, 1.54) is 11.1 Å². The Morgan fingerprint density at radius 2 is 1.18 bits per heavy atom. The third-order valence-electron chi connectivity index (χ3n) is 2.46. The van der Waals surface area contributed by atoms with Gasteiger partial charge in [0, 0.05) is 0 Å². The van der Waals surface area contributed by atoms with Gasteiger partial charge in [-0.1, -0.05) is 0 Å². The molecule has 0 saturated heterocycles. The summed E-state index contributed by atoms with van der Waals surface area (Å²) in [5.41, 5.74) is 2.70. The zero-order valence-corrected chi connectivity index (χ0v) is 15.2. The Labute approximate surface area is 112 Å². The van der Waals surface area contributed by atoms with E-state index in [1.807, 2.05) is 0 Å². The van der Waals surface area contributed by atoms with Gasteiger partial charge in [-0.2, -0.15) is 0 Å². The van der Waals surface area contributed by atoms with Gasteiger partial charge in [-0.15, -0.1) is 0 Å². The van der Waals surface area contributed by atoms with Crippen LogP contribution >= 0.6 is 0 Å². The van der Waals surface area contributed by atoms with Gasteiger partial charge in [-0.3, -0.25) is 0 Å². The van der Waals surface area contributed by atoms with Crippen LogP contribution in [0.25, 0.3) is 0 Å². The molecule has 0 radical (unpaired) electrons. The van der Waals surface area contributed by atoms with Crippen molar-refractivity contribution in [1.82, 2.24) is 0 Å². The minimum atomic E-state index is -2.89. The molecule has 0 aliphatic heterocycles. The first-order chi connectivity index (χ1) is 7.95. The van der Waals surface area contributed by atoms with Gasteiger partial charge in [0.15, 0.2) is 0 Å². The molecule has 0 fully saturated rings. The van der Waals surface area contributed by atoms with Crippen molar-refractivity contribution in [2.24, 2.45) is 0 Å². The predicted molar refractivity (Wildman–Crippen MR) is 77.5 cm³/mol. The average Bonchev–Trinajstić information content (AvgIpc) is 2.24. The van der Waals surface area contributed by atoms with Crippen molar-refractivity contribution >= 4 is 19.2 Å². The second-order valence-electron chi connectivity index (χ2n) is 4.75. The molecule has 0 aromatic heterocycles. The maximum absolute atomic E-state index is 6.07. The molecule has 3 heteroatoms. The molecule has 100 valence electrons. The number of rotatable bonds is 8. The molecule has 0 unspecified atom stereocenters. The average molecular weight is 347 g/mol. The third kappa shape index (κ3) is 8.00. The molecular formula is C14H28O2Sn. The zero-order chi connectivity index (χ0) is 13.3. The van der Waals surface area contributed by atoms with Crippen LogP contribution in [0.1, 0.15) is 41.5 Å². The fourth-order valence-corrected chi connectivity index (χ4v) is 10.8. The van der Waals surface area contributed by atoms with Crippen molar-refractivity contribution in [3.05, 3.63) is 23.3 Å². The standard InChI is InChI=1S/2C5H9.2C2H5O.Sn/c2*1-4-5(2)3;2*1-2-3;/h2*4H,1H2,2-3H3;2*2H2,1H3;/q;;2*-1;+2. The van der Waals surface area contributed by atoms with Crippen molar-refractivity contribution < 1.29 is 6.15 Å². The fourth-order valence-electron chi connectivity index (χ4n) is 1.61. The zero-order valence-electron chi connectivity index (χ0n) is 12.3. The first-order valence-corrected chi connectivity index (χ1v) is 12.9. The van der Waals surface area contributed by atoms with E-state index in [2.05, 4.69) is 53.7 Å². The van der Waals surface area contributed by atoms with Gasteiger partial charge >= 0.3 is 112 Å². The molecule has 0 aromatic rings. The summed E-state index contributed by atoms with van der Waals surface area (Å²) in [6, 6.07) is 0. The van der Waals surface area contributed by atoms with Crippen molar-refractivity contribution in [2.75, 3.05) is 13.2 Å². The molecule has 0 amide bonds. The summed E-state index contributed by atoms with van der Waals surface area (Å²) in [5.74, 6) is 0. The predicted octanol–water partition coefficient (Wildman–Crippen LogP) is 4.43. The molecule has 2 nitrogen and oxygen atoms in total. The van der Waals surface area contributed by atoms with Gasteiger partial charge in [0.1, 0.15) is 0 Å². The summed E-state index contributed by atoms with van der Waals surface area (Å²) < 4.78 is 14.2. The van der Waals surface area contributed by atoms with Gasteiger partial charge in [0.25, 0.3) is 0 Å². The second-order valence-corrected chi connectivity index (χ2v) is 13.9. The molecule has 0 spiro atoms. The third-order valence-corrected chi connectivity index (χ3v) is 11.8. The summed E-state index contributed by atoms with van der Waals surface area (Å²) in [6.07, 6.45) is 4.56. The Morgan fingerprint density at radius 1 is 0.824 bits per heavy atom. The molecule has 0 aliphatic carbocycles. The Bertz CT molecular complexity index is 233. The van der Waals surface area contributed by atoms with Crippen molar-refractivity contribution in [1.29, 1.82) is 0 Å². The van der Waals surface area contributed by atoms with E-state index in [4.69, 9.17) is 6.15 Å². The summed E-state index contributed by atoms with van der Waals surface area (Å²) in [7, 11) is 0. The Kier molecular flexibility index (Phi) is 9.28. The van der Waals surface area contributed by atoms with Crippen LogP contribution in [0, 0.1) is 0 Å². The Morgan fingerprint density at radius 3 is 1.41 bits per heavy atom. The quantitative estimate of drug-likeness (QED) is 0.478. The van der Waals surface area contributed by atoms with Gasteiger partial charge in [-0.05, 0) is 0 Å². The number of hydrogen-bond acceptors (Lipinski definition) is 2. The van der Waals surface area contributed by atoms with Crippen LogP contribution in [0.5, 0.6) is 0 Å². The molecule has 0 rings (SSSR count). The molecular weight excluding hydrogens is 319 g/mol. The molecule has 17 heavy (non-hydrogen) atoms. The fraction of sp³-hybridized carbons (Fsp3) is 0.714. The first kappa shape index (κ1) is 17.2.